The quantitative estimate of drug-likeness (QED) is 0.524. The molecular formula is C9H13N3. The maximum atomic E-state index is 4.18. The van der Waals surface area contributed by atoms with Crippen LogP contribution in [0.15, 0.2) is 29.4 Å². The second-order valence-electron chi connectivity index (χ2n) is 2.39. The fourth-order valence-corrected chi connectivity index (χ4v) is 0.787. The zero-order valence-corrected chi connectivity index (χ0v) is 7.20. The van der Waals surface area contributed by atoms with Crippen molar-refractivity contribution in [1.82, 2.24) is 10.3 Å². The third kappa shape index (κ3) is 3.25. The predicted octanol–water partition coefficient (Wildman–Crippen LogP) is 0.720. The van der Waals surface area contributed by atoms with E-state index >= 15 is 0 Å². The van der Waals surface area contributed by atoms with Crippen LogP contribution in [-0.4, -0.2) is 31.3 Å². The molecule has 1 rings (SSSR count). The van der Waals surface area contributed by atoms with Crippen LogP contribution in [0.25, 0.3) is 0 Å². The monoisotopic (exact) mass is 163 g/mol. The highest BCUT2D eigenvalue weighted by atomic mass is 14.9. The summed E-state index contributed by atoms with van der Waals surface area (Å²) in [5.41, 5.74) is 0.911. The summed E-state index contributed by atoms with van der Waals surface area (Å²) in [5, 5.41) is 3.02. The van der Waals surface area contributed by atoms with E-state index in [0.717, 1.165) is 18.8 Å². The molecule has 0 aliphatic rings. The molecule has 0 saturated heterocycles. The summed E-state index contributed by atoms with van der Waals surface area (Å²) in [6.07, 6.45) is 3.55. The lowest BCUT2D eigenvalue weighted by atomic mass is 10.4. The predicted molar refractivity (Wildman–Crippen MR) is 50.6 cm³/mol. The van der Waals surface area contributed by atoms with Crippen molar-refractivity contribution in [2.24, 2.45) is 4.99 Å². The molecule has 0 atom stereocenters. The van der Waals surface area contributed by atoms with Crippen molar-refractivity contribution < 1.29 is 0 Å². The Bertz CT molecular complexity index is 231. The first-order valence-corrected chi connectivity index (χ1v) is 3.99. The molecule has 0 aromatic carbocycles. The van der Waals surface area contributed by atoms with Gasteiger partial charge in [-0.25, -0.2) is 0 Å². The molecule has 0 aliphatic carbocycles. The maximum Gasteiger partial charge on any atom is 0.0807 e. The van der Waals surface area contributed by atoms with Gasteiger partial charge in [0.05, 0.1) is 12.2 Å². The van der Waals surface area contributed by atoms with E-state index in [1.807, 2.05) is 25.2 Å². The fraction of sp³-hybridized carbons (Fsp3) is 0.333. The van der Waals surface area contributed by atoms with Gasteiger partial charge >= 0.3 is 0 Å². The van der Waals surface area contributed by atoms with E-state index in [9.17, 15) is 0 Å². The smallest absolute Gasteiger partial charge is 0.0807 e. The van der Waals surface area contributed by atoms with Gasteiger partial charge in [0, 0.05) is 19.0 Å². The minimum absolute atomic E-state index is 0.799. The summed E-state index contributed by atoms with van der Waals surface area (Å²) in [6, 6.07) is 5.78. The molecule has 3 heteroatoms. The number of rotatable bonds is 4. The zero-order chi connectivity index (χ0) is 8.65. The minimum Gasteiger partial charge on any atom is -0.318 e. The number of aliphatic imine (C=N–C) groups is 1. The molecule has 0 bridgehead atoms. The first kappa shape index (κ1) is 8.87. The Morgan fingerprint density at radius 3 is 3.17 bits per heavy atom. The Balaban J connectivity index is 2.36. The molecule has 3 nitrogen and oxygen atoms in total. The fourth-order valence-electron chi connectivity index (χ4n) is 0.787. The number of likely N-dealkylation sites (N-methyl/N-ethyl adjacent to an activating group) is 1. The number of aromatic nitrogens is 1. The summed E-state index contributed by atoms with van der Waals surface area (Å²) in [4.78, 5) is 8.29. The standard InChI is InChI=1S/C9H13N3/c1-10-6-7-11-8-9-4-2-3-5-12-9/h2-5,8,10H,6-7H2,1H3. The lowest BCUT2D eigenvalue weighted by Gasteiger charge is -1.92. The van der Waals surface area contributed by atoms with Gasteiger partial charge in [-0.2, -0.15) is 0 Å². The summed E-state index contributed by atoms with van der Waals surface area (Å²) in [7, 11) is 1.91. The molecule has 0 radical (unpaired) electrons. The van der Waals surface area contributed by atoms with Gasteiger partial charge in [0.25, 0.3) is 0 Å². The molecule has 1 N–H and O–H groups in total. The van der Waals surface area contributed by atoms with Crippen LogP contribution in [0.2, 0.25) is 0 Å². The first-order chi connectivity index (χ1) is 5.93. The third-order valence-corrected chi connectivity index (χ3v) is 1.40. The number of hydrogen-bond acceptors (Lipinski definition) is 3. The van der Waals surface area contributed by atoms with E-state index in [4.69, 9.17) is 0 Å². The Kier molecular flexibility index (Phi) is 4.02. The van der Waals surface area contributed by atoms with Crippen molar-refractivity contribution in [3.63, 3.8) is 0 Å². The van der Waals surface area contributed by atoms with Gasteiger partial charge in [0.15, 0.2) is 0 Å². The van der Waals surface area contributed by atoms with Crippen LogP contribution < -0.4 is 5.32 Å². The van der Waals surface area contributed by atoms with Crippen molar-refractivity contribution >= 4 is 6.21 Å². The highest BCUT2D eigenvalue weighted by Crippen LogP contribution is 1.87. The van der Waals surface area contributed by atoms with Crippen molar-refractivity contribution in [1.29, 1.82) is 0 Å². The summed E-state index contributed by atoms with van der Waals surface area (Å²) in [6.45, 7) is 1.70. The number of hydrogen-bond donors (Lipinski definition) is 1. The lowest BCUT2D eigenvalue weighted by molar-refractivity contribution is 0.804. The molecular weight excluding hydrogens is 150 g/mol. The van der Waals surface area contributed by atoms with Gasteiger partial charge in [0.1, 0.15) is 0 Å². The normalized spacial score (nSPS) is 10.8. The topological polar surface area (TPSA) is 37.3 Å². The second kappa shape index (κ2) is 5.43. The van der Waals surface area contributed by atoms with Gasteiger partial charge in [-0.3, -0.25) is 9.98 Å². The molecule has 0 unspecified atom stereocenters. The van der Waals surface area contributed by atoms with Crippen molar-refractivity contribution in [2.45, 2.75) is 0 Å². The van der Waals surface area contributed by atoms with E-state index in [2.05, 4.69) is 15.3 Å². The molecule has 1 heterocycles. The van der Waals surface area contributed by atoms with Gasteiger partial charge in [-0.1, -0.05) is 6.07 Å². The average molecular weight is 163 g/mol. The molecule has 0 amide bonds. The van der Waals surface area contributed by atoms with E-state index in [1.54, 1.807) is 12.4 Å². The third-order valence-electron chi connectivity index (χ3n) is 1.40. The molecule has 1 aromatic heterocycles. The van der Waals surface area contributed by atoms with E-state index in [1.165, 1.54) is 0 Å². The summed E-state index contributed by atoms with van der Waals surface area (Å²) >= 11 is 0. The molecule has 0 saturated carbocycles. The van der Waals surface area contributed by atoms with Crippen LogP contribution in [0, 0.1) is 0 Å². The van der Waals surface area contributed by atoms with Crippen LogP contribution in [0.3, 0.4) is 0 Å². The number of nitrogens with zero attached hydrogens (tertiary/aromatic N) is 2. The Morgan fingerprint density at radius 1 is 1.58 bits per heavy atom. The Morgan fingerprint density at radius 2 is 2.50 bits per heavy atom. The van der Waals surface area contributed by atoms with Gasteiger partial charge in [-0.15, -0.1) is 0 Å². The van der Waals surface area contributed by atoms with Gasteiger partial charge in [0.2, 0.25) is 0 Å². The van der Waals surface area contributed by atoms with Gasteiger partial charge in [-0.05, 0) is 19.2 Å². The van der Waals surface area contributed by atoms with E-state index in [0.29, 0.717) is 0 Å². The molecule has 64 valence electrons. The second-order valence-corrected chi connectivity index (χ2v) is 2.39. The Labute approximate surface area is 72.6 Å². The van der Waals surface area contributed by atoms with Crippen LogP contribution >= 0.6 is 0 Å². The van der Waals surface area contributed by atoms with E-state index < -0.39 is 0 Å². The molecule has 0 fully saturated rings. The average Bonchev–Trinajstić information content (AvgIpc) is 2.14. The number of pyridine rings is 1. The van der Waals surface area contributed by atoms with Crippen LogP contribution in [-0.2, 0) is 0 Å². The largest absolute Gasteiger partial charge is 0.318 e. The lowest BCUT2D eigenvalue weighted by Crippen LogP contribution is -2.10. The van der Waals surface area contributed by atoms with Crippen molar-refractivity contribution in [2.75, 3.05) is 20.1 Å². The van der Waals surface area contributed by atoms with Crippen LogP contribution in [0.1, 0.15) is 5.69 Å². The van der Waals surface area contributed by atoms with E-state index in [-0.39, 0.29) is 0 Å². The first-order valence-electron chi connectivity index (χ1n) is 3.99. The van der Waals surface area contributed by atoms with Crippen LogP contribution in [0.4, 0.5) is 0 Å². The maximum absolute atomic E-state index is 4.18. The molecule has 1 aromatic rings. The summed E-state index contributed by atoms with van der Waals surface area (Å²) in [5.74, 6) is 0. The molecule has 0 spiro atoms. The van der Waals surface area contributed by atoms with Gasteiger partial charge < -0.3 is 5.32 Å². The zero-order valence-electron chi connectivity index (χ0n) is 7.20. The molecule has 0 aliphatic heterocycles. The van der Waals surface area contributed by atoms with Crippen molar-refractivity contribution in [3.05, 3.63) is 30.1 Å². The minimum atomic E-state index is 0.799. The molecule has 12 heavy (non-hydrogen) atoms. The number of nitrogens with one attached hydrogen (secondary N) is 1. The summed E-state index contributed by atoms with van der Waals surface area (Å²) < 4.78 is 0. The highest BCUT2D eigenvalue weighted by molar-refractivity contribution is 5.76. The van der Waals surface area contributed by atoms with Crippen molar-refractivity contribution in [3.8, 4) is 0 Å². The Hall–Kier alpha value is -1.22. The SMILES string of the molecule is CNCCN=Cc1ccccn1. The van der Waals surface area contributed by atoms with Crippen LogP contribution in [0.5, 0.6) is 0 Å². The highest BCUT2D eigenvalue weighted by Gasteiger charge is 1.83.